The number of thiazole rings is 1. The highest BCUT2D eigenvalue weighted by atomic mass is 32.1. The maximum atomic E-state index is 14.3. The number of anilines is 1. The molecule has 0 saturated carbocycles. The first-order valence-corrected chi connectivity index (χ1v) is 12.6. The molecule has 0 aliphatic carbocycles. The minimum atomic E-state index is -0.262. The molecule has 1 atom stereocenters. The first-order valence-electron chi connectivity index (χ1n) is 11.7. The van der Waals surface area contributed by atoms with Crippen LogP contribution in [0.5, 0.6) is 5.88 Å². The molecule has 1 N–H and O–H groups in total. The van der Waals surface area contributed by atoms with Gasteiger partial charge in [0, 0.05) is 23.6 Å². The minimum Gasteiger partial charge on any atom is -0.481 e. The molecule has 2 aromatic carbocycles. The van der Waals surface area contributed by atoms with E-state index in [9.17, 15) is 4.79 Å². The van der Waals surface area contributed by atoms with Crippen LogP contribution in [-0.4, -0.2) is 31.6 Å². The number of ether oxygens (including phenoxy) is 1. The van der Waals surface area contributed by atoms with E-state index < -0.39 is 0 Å². The maximum Gasteiger partial charge on any atom is 0.263 e. The van der Waals surface area contributed by atoms with Gasteiger partial charge in [0.1, 0.15) is 16.7 Å². The second-order valence-electron chi connectivity index (χ2n) is 8.50. The molecular formula is C28H22N6O2S. The zero-order valence-electron chi connectivity index (χ0n) is 20.1. The molecule has 1 unspecified atom stereocenters. The Morgan fingerprint density at radius 3 is 2.68 bits per heavy atom. The molecule has 0 saturated heterocycles. The van der Waals surface area contributed by atoms with Gasteiger partial charge < -0.3 is 10.1 Å². The molecule has 0 amide bonds. The number of hydrogen-bond acceptors (Lipinski definition) is 8. The van der Waals surface area contributed by atoms with Crippen LogP contribution in [0, 0.1) is 0 Å². The third kappa shape index (κ3) is 4.09. The lowest BCUT2D eigenvalue weighted by molar-refractivity contribution is 0.398. The summed E-state index contributed by atoms with van der Waals surface area (Å²) in [6.07, 6.45) is 3.21. The van der Waals surface area contributed by atoms with Crippen LogP contribution in [0.15, 0.2) is 89.6 Å². The average Bonchev–Trinajstić information content (AvgIpc) is 3.43. The van der Waals surface area contributed by atoms with Gasteiger partial charge in [-0.3, -0.25) is 9.36 Å². The quantitative estimate of drug-likeness (QED) is 0.313. The summed E-state index contributed by atoms with van der Waals surface area (Å²) in [5.74, 6) is 1.12. The fourth-order valence-corrected chi connectivity index (χ4v) is 5.18. The Bertz CT molecular complexity index is 1800. The number of methoxy groups -OCH3 is 1. The summed E-state index contributed by atoms with van der Waals surface area (Å²) in [6.45, 7) is 2.01. The smallest absolute Gasteiger partial charge is 0.263 e. The molecule has 6 rings (SSSR count). The first kappa shape index (κ1) is 22.8. The van der Waals surface area contributed by atoms with Gasteiger partial charge >= 0.3 is 0 Å². The number of hydrogen-bond donors (Lipinski definition) is 1. The molecule has 0 bridgehead atoms. The monoisotopic (exact) mass is 506 g/mol. The van der Waals surface area contributed by atoms with E-state index in [1.165, 1.54) is 17.7 Å². The van der Waals surface area contributed by atoms with Crippen LogP contribution < -0.4 is 15.6 Å². The molecule has 9 heteroatoms. The predicted octanol–water partition coefficient (Wildman–Crippen LogP) is 5.63. The molecular weight excluding hydrogens is 484 g/mol. The minimum absolute atomic E-state index is 0.111. The number of aromatic nitrogens is 5. The zero-order chi connectivity index (χ0) is 25.4. The third-order valence-corrected chi connectivity index (χ3v) is 7.01. The van der Waals surface area contributed by atoms with Gasteiger partial charge in [-0.1, -0.05) is 36.4 Å². The maximum absolute atomic E-state index is 14.3. The largest absolute Gasteiger partial charge is 0.481 e. The van der Waals surface area contributed by atoms with Crippen LogP contribution in [0.4, 0.5) is 5.82 Å². The fraction of sp³-hybridized carbons (Fsp3) is 0.107. The Labute approximate surface area is 216 Å². The van der Waals surface area contributed by atoms with E-state index in [0.717, 1.165) is 32.7 Å². The molecule has 0 aliphatic rings. The average molecular weight is 507 g/mol. The number of nitrogens with zero attached hydrogens (tertiary/aromatic N) is 5. The van der Waals surface area contributed by atoms with E-state index in [0.29, 0.717) is 22.6 Å². The van der Waals surface area contributed by atoms with Crippen molar-refractivity contribution in [1.82, 2.24) is 24.5 Å². The van der Waals surface area contributed by atoms with Crippen LogP contribution in [-0.2, 0) is 0 Å². The molecule has 6 aromatic rings. The first-order chi connectivity index (χ1) is 18.1. The van der Waals surface area contributed by atoms with Crippen molar-refractivity contribution in [2.75, 3.05) is 12.4 Å². The SMILES string of the molecule is COc1cc(-c2cccc3cc(C(C)Nc4ncnc5scnc45)n(-c4ccccc4)c(=O)c23)ccn1. The van der Waals surface area contributed by atoms with Crippen LogP contribution in [0.2, 0.25) is 0 Å². The van der Waals surface area contributed by atoms with Crippen LogP contribution in [0.3, 0.4) is 0 Å². The van der Waals surface area contributed by atoms with Crippen molar-refractivity contribution >= 4 is 38.3 Å². The van der Waals surface area contributed by atoms with E-state index in [1.807, 2.05) is 67.6 Å². The van der Waals surface area contributed by atoms with E-state index >= 15 is 0 Å². The van der Waals surface area contributed by atoms with Gasteiger partial charge in [0.25, 0.3) is 5.56 Å². The van der Waals surface area contributed by atoms with Crippen LogP contribution >= 0.6 is 11.3 Å². The zero-order valence-corrected chi connectivity index (χ0v) is 20.9. The standard InChI is InChI=1S/C28H22N6O2S/c1-17(33-26-25-27(31-15-30-26)37-16-32-25)22-13-19-7-6-10-21(18-11-12-29-23(14-18)36-2)24(19)28(35)34(22)20-8-4-3-5-9-20/h3-17H,1-2H3,(H,30,31,33). The van der Waals surface area contributed by atoms with Gasteiger partial charge in [-0.05, 0) is 47.7 Å². The second kappa shape index (κ2) is 9.44. The Morgan fingerprint density at radius 1 is 0.973 bits per heavy atom. The summed E-state index contributed by atoms with van der Waals surface area (Å²) in [7, 11) is 1.58. The van der Waals surface area contributed by atoms with Crippen molar-refractivity contribution in [3.8, 4) is 22.7 Å². The summed E-state index contributed by atoms with van der Waals surface area (Å²) >= 11 is 1.46. The number of benzene rings is 2. The van der Waals surface area contributed by atoms with Gasteiger partial charge in [0.05, 0.1) is 24.0 Å². The predicted molar refractivity (Wildman–Crippen MR) is 147 cm³/mol. The van der Waals surface area contributed by atoms with Crippen molar-refractivity contribution in [2.45, 2.75) is 13.0 Å². The Kier molecular flexibility index (Phi) is 5.82. The summed E-state index contributed by atoms with van der Waals surface area (Å²) in [5.41, 5.74) is 5.61. The van der Waals surface area contributed by atoms with Gasteiger partial charge in [0.15, 0.2) is 5.82 Å². The number of pyridine rings is 2. The van der Waals surface area contributed by atoms with E-state index in [4.69, 9.17) is 4.74 Å². The lowest BCUT2D eigenvalue weighted by Crippen LogP contribution is -2.26. The molecule has 8 nitrogen and oxygen atoms in total. The van der Waals surface area contributed by atoms with Gasteiger partial charge in [-0.2, -0.15) is 0 Å². The van der Waals surface area contributed by atoms with Crippen molar-refractivity contribution < 1.29 is 4.74 Å². The molecule has 0 aliphatic heterocycles. The Morgan fingerprint density at radius 2 is 1.84 bits per heavy atom. The summed E-state index contributed by atoms with van der Waals surface area (Å²) in [6, 6.07) is 21.1. The highest BCUT2D eigenvalue weighted by molar-refractivity contribution is 7.16. The van der Waals surface area contributed by atoms with Crippen molar-refractivity contribution in [1.29, 1.82) is 0 Å². The van der Waals surface area contributed by atoms with Crippen molar-refractivity contribution in [3.05, 3.63) is 101 Å². The fourth-order valence-electron chi connectivity index (χ4n) is 4.55. The number of nitrogens with one attached hydrogen (secondary N) is 1. The lowest BCUT2D eigenvalue weighted by Gasteiger charge is -2.22. The Balaban J connectivity index is 1.57. The molecule has 37 heavy (non-hydrogen) atoms. The highest BCUT2D eigenvalue weighted by Crippen LogP contribution is 2.31. The molecule has 0 spiro atoms. The Hall–Kier alpha value is -4.63. The molecule has 182 valence electrons. The van der Waals surface area contributed by atoms with Gasteiger partial charge in [0.2, 0.25) is 5.88 Å². The van der Waals surface area contributed by atoms with E-state index in [2.05, 4.69) is 31.3 Å². The van der Waals surface area contributed by atoms with Gasteiger partial charge in [-0.15, -0.1) is 11.3 Å². The third-order valence-electron chi connectivity index (χ3n) is 6.28. The number of fused-ring (bicyclic) bond motifs is 2. The lowest BCUT2D eigenvalue weighted by atomic mass is 9.98. The van der Waals surface area contributed by atoms with Crippen molar-refractivity contribution in [2.24, 2.45) is 0 Å². The topological polar surface area (TPSA) is 94.8 Å². The van der Waals surface area contributed by atoms with E-state index in [1.54, 1.807) is 23.4 Å². The van der Waals surface area contributed by atoms with E-state index in [-0.39, 0.29) is 11.6 Å². The summed E-state index contributed by atoms with van der Waals surface area (Å²) in [5, 5.41) is 4.93. The summed E-state index contributed by atoms with van der Waals surface area (Å²) in [4.78, 5) is 32.4. The van der Waals surface area contributed by atoms with Crippen LogP contribution in [0.25, 0.3) is 37.9 Å². The van der Waals surface area contributed by atoms with Crippen LogP contribution in [0.1, 0.15) is 18.7 Å². The second-order valence-corrected chi connectivity index (χ2v) is 9.33. The molecule has 0 radical (unpaired) electrons. The number of para-hydroxylation sites is 1. The normalized spacial score (nSPS) is 12.1. The molecule has 4 aromatic heterocycles. The number of rotatable bonds is 6. The van der Waals surface area contributed by atoms with Crippen molar-refractivity contribution in [3.63, 3.8) is 0 Å². The molecule has 4 heterocycles. The highest BCUT2D eigenvalue weighted by Gasteiger charge is 2.20. The molecule has 0 fully saturated rings. The summed E-state index contributed by atoms with van der Waals surface area (Å²) < 4.78 is 7.09. The van der Waals surface area contributed by atoms with Gasteiger partial charge in [-0.25, -0.2) is 19.9 Å².